The first kappa shape index (κ1) is 28.2. The molecule has 3 aromatic carbocycles. The van der Waals surface area contributed by atoms with Crippen molar-refractivity contribution < 1.29 is 47.0 Å². The third kappa shape index (κ3) is 7.55. The fourth-order valence-electron chi connectivity index (χ4n) is 3.04. The smallest absolute Gasteiger partial charge is 0.475 e. The molecular formula is C25H19F3N4O7. The number of ketones is 1. The molecule has 11 nitrogen and oxygen atoms in total. The molecule has 0 radical (unpaired) electrons. The zero-order valence-corrected chi connectivity index (χ0v) is 19.9. The van der Waals surface area contributed by atoms with Crippen LogP contribution >= 0.6 is 0 Å². The summed E-state index contributed by atoms with van der Waals surface area (Å²) in [4.78, 5) is 58.5. The summed E-state index contributed by atoms with van der Waals surface area (Å²) in [5.74, 6) is -3.01. The molecule has 0 aliphatic heterocycles. The Labute approximate surface area is 217 Å². The molecule has 0 saturated carbocycles. The molecule has 0 saturated heterocycles. The highest BCUT2D eigenvalue weighted by molar-refractivity contribution is 6.16. The van der Waals surface area contributed by atoms with E-state index >= 15 is 0 Å². The summed E-state index contributed by atoms with van der Waals surface area (Å²) in [5.41, 5.74) is 4.18. The Kier molecular flexibility index (Phi) is 8.83. The number of alkyl halides is 3. The monoisotopic (exact) mass is 544 g/mol. The van der Waals surface area contributed by atoms with E-state index in [1.165, 1.54) is 7.11 Å². The summed E-state index contributed by atoms with van der Waals surface area (Å²) >= 11 is 0. The summed E-state index contributed by atoms with van der Waals surface area (Å²) in [6.07, 6.45) is -5.75. The number of fused-ring (bicyclic) bond motifs is 1. The van der Waals surface area contributed by atoms with Crippen LogP contribution < -0.4 is 15.6 Å². The maximum atomic E-state index is 13.2. The average molecular weight is 544 g/mol. The van der Waals surface area contributed by atoms with Crippen LogP contribution in [0.15, 0.2) is 72.8 Å². The largest absolute Gasteiger partial charge is 0.490 e. The van der Waals surface area contributed by atoms with Crippen LogP contribution in [-0.2, 0) is 9.53 Å². The van der Waals surface area contributed by atoms with Crippen molar-refractivity contribution in [1.29, 1.82) is 0 Å². The molecule has 0 bridgehead atoms. The predicted molar refractivity (Wildman–Crippen MR) is 130 cm³/mol. The summed E-state index contributed by atoms with van der Waals surface area (Å²) in [5, 5.41) is 9.56. The molecule has 1 heterocycles. The van der Waals surface area contributed by atoms with Gasteiger partial charge in [-0.25, -0.2) is 14.6 Å². The van der Waals surface area contributed by atoms with Gasteiger partial charge in [-0.3, -0.25) is 14.9 Å². The molecule has 202 valence electrons. The second kappa shape index (κ2) is 12.2. The van der Waals surface area contributed by atoms with Crippen molar-refractivity contribution in [2.45, 2.75) is 6.18 Å². The topological polar surface area (TPSA) is 160 Å². The van der Waals surface area contributed by atoms with Crippen LogP contribution in [0.5, 0.6) is 5.75 Å². The van der Waals surface area contributed by atoms with Crippen LogP contribution in [0, 0.1) is 0 Å². The van der Waals surface area contributed by atoms with Crippen molar-refractivity contribution in [3.8, 4) is 5.75 Å². The standard InChI is InChI=1S/C23H18N4O5.C2HF3O2/c1-31-23(30)26-22-24-18-12-11-14(13-19(18)25-22)20(28)16-9-5-6-10-17(16)21(29)27-32-15-7-3-2-4-8-15;3-2(4,5)1(6)7/h2-13H,1H3,(H,27,29)(H2,24,25,26,30);(H,6,7). The Morgan fingerprint density at radius 3 is 2.15 bits per heavy atom. The number of carbonyl (C=O) groups is 4. The van der Waals surface area contributed by atoms with Crippen molar-refractivity contribution in [2.75, 3.05) is 12.4 Å². The van der Waals surface area contributed by atoms with E-state index in [1.54, 1.807) is 66.7 Å². The lowest BCUT2D eigenvalue weighted by Crippen LogP contribution is -2.28. The highest BCUT2D eigenvalue weighted by Gasteiger charge is 2.38. The maximum absolute atomic E-state index is 13.2. The Bertz CT molecular complexity index is 1500. The maximum Gasteiger partial charge on any atom is 0.490 e. The number of aromatic nitrogens is 2. The minimum Gasteiger partial charge on any atom is -0.475 e. The van der Waals surface area contributed by atoms with Gasteiger partial charge < -0.3 is 19.7 Å². The van der Waals surface area contributed by atoms with E-state index in [2.05, 4.69) is 25.5 Å². The molecule has 0 unspecified atom stereocenters. The van der Waals surface area contributed by atoms with Gasteiger partial charge in [-0.05, 0) is 36.4 Å². The van der Waals surface area contributed by atoms with E-state index < -0.39 is 24.1 Å². The molecule has 4 rings (SSSR count). The number of benzene rings is 3. The Morgan fingerprint density at radius 2 is 1.54 bits per heavy atom. The van der Waals surface area contributed by atoms with Crippen LogP contribution in [0.4, 0.5) is 23.9 Å². The number of nitrogens with zero attached hydrogens (tertiary/aromatic N) is 1. The van der Waals surface area contributed by atoms with E-state index in [9.17, 15) is 27.6 Å². The highest BCUT2D eigenvalue weighted by atomic mass is 19.4. The number of ether oxygens (including phenoxy) is 1. The van der Waals surface area contributed by atoms with E-state index in [1.807, 2.05) is 6.07 Å². The Balaban J connectivity index is 0.000000532. The zero-order valence-electron chi connectivity index (χ0n) is 19.9. The van der Waals surface area contributed by atoms with Gasteiger partial charge in [0.2, 0.25) is 5.95 Å². The number of carbonyl (C=O) groups excluding carboxylic acids is 3. The average Bonchev–Trinajstić information content (AvgIpc) is 3.33. The number of hydroxylamine groups is 1. The number of carboxylic acid groups (broad SMARTS) is 1. The van der Waals surface area contributed by atoms with Crippen molar-refractivity contribution in [3.05, 3.63) is 89.5 Å². The molecule has 4 aromatic rings. The van der Waals surface area contributed by atoms with Crippen molar-refractivity contribution in [2.24, 2.45) is 0 Å². The number of H-pyrrole nitrogens is 1. The van der Waals surface area contributed by atoms with E-state index in [0.29, 0.717) is 22.3 Å². The van der Waals surface area contributed by atoms with E-state index in [4.69, 9.17) is 14.7 Å². The lowest BCUT2D eigenvalue weighted by Gasteiger charge is -2.10. The van der Waals surface area contributed by atoms with Crippen LogP contribution in [0.3, 0.4) is 0 Å². The van der Waals surface area contributed by atoms with E-state index in [-0.39, 0.29) is 22.9 Å². The van der Waals surface area contributed by atoms with E-state index in [0.717, 1.165) is 0 Å². The molecular weight excluding hydrogens is 525 g/mol. The highest BCUT2D eigenvalue weighted by Crippen LogP contribution is 2.21. The first-order valence-electron chi connectivity index (χ1n) is 10.8. The van der Waals surface area contributed by atoms with Gasteiger partial charge in [-0.15, -0.1) is 0 Å². The number of halogens is 3. The second-order valence-corrected chi connectivity index (χ2v) is 7.46. The lowest BCUT2D eigenvalue weighted by atomic mass is 9.98. The number of para-hydroxylation sites is 1. The number of rotatable bonds is 6. The molecule has 0 aliphatic rings. The second-order valence-electron chi connectivity index (χ2n) is 7.46. The molecule has 0 atom stereocenters. The van der Waals surface area contributed by atoms with Gasteiger partial charge in [-0.2, -0.15) is 18.7 Å². The number of nitrogens with one attached hydrogen (secondary N) is 3. The number of hydrogen-bond donors (Lipinski definition) is 4. The number of anilines is 1. The molecule has 0 aliphatic carbocycles. The molecule has 0 fully saturated rings. The quantitative estimate of drug-likeness (QED) is 0.206. The van der Waals surface area contributed by atoms with Gasteiger partial charge in [0.15, 0.2) is 11.5 Å². The molecule has 14 heteroatoms. The number of amides is 2. The summed E-state index contributed by atoms with van der Waals surface area (Å²) in [7, 11) is 1.24. The minimum atomic E-state index is -5.08. The molecule has 1 aromatic heterocycles. The number of hydrogen-bond acceptors (Lipinski definition) is 7. The SMILES string of the molecule is COC(=O)Nc1nc2ccc(C(=O)c3ccccc3C(=O)NOc3ccccc3)cc2[nH]1.O=C(O)C(F)(F)F. The fraction of sp³-hybridized carbons (Fsp3) is 0.0800. The van der Waals surface area contributed by atoms with Crippen LogP contribution in [-0.4, -0.2) is 52.1 Å². The molecule has 4 N–H and O–H groups in total. The number of carboxylic acids is 1. The predicted octanol–water partition coefficient (Wildman–Crippen LogP) is 4.33. The van der Waals surface area contributed by atoms with Gasteiger partial charge in [0.05, 0.1) is 23.7 Å². The number of imidazole rings is 1. The summed E-state index contributed by atoms with van der Waals surface area (Å²) in [6.45, 7) is 0. The zero-order chi connectivity index (χ0) is 28.6. The van der Waals surface area contributed by atoms with Gasteiger partial charge in [0.1, 0.15) is 0 Å². The normalized spacial score (nSPS) is 10.6. The lowest BCUT2D eigenvalue weighted by molar-refractivity contribution is -0.192. The van der Waals surface area contributed by atoms with Crippen LogP contribution in [0.1, 0.15) is 26.3 Å². The Morgan fingerprint density at radius 1 is 0.923 bits per heavy atom. The first-order chi connectivity index (χ1) is 18.5. The minimum absolute atomic E-state index is 0.172. The molecule has 0 spiro atoms. The van der Waals surface area contributed by atoms with Crippen molar-refractivity contribution in [1.82, 2.24) is 15.4 Å². The number of methoxy groups -OCH3 is 1. The summed E-state index contributed by atoms with van der Waals surface area (Å²) < 4.78 is 36.3. The third-order valence-corrected chi connectivity index (χ3v) is 4.81. The first-order valence-corrected chi connectivity index (χ1v) is 10.8. The van der Waals surface area contributed by atoms with Gasteiger partial charge >= 0.3 is 18.2 Å². The van der Waals surface area contributed by atoms with Crippen molar-refractivity contribution in [3.63, 3.8) is 0 Å². The number of aliphatic carboxylic acids is 1. The Hall–Kier alpha value is -5.40. The van der Waals surface area contributed by atoms with Gasteiger partial charge in [0.25, 0.3) is 5.91 Å². The fourth-order valence-corrected chi connectivity index (χ4v) is 3.04. The molecule has 2 amide bonds. The summed E-state index contributed by atoms with van der Waals surface area (Å²) in [6, 6.07) is 20.1. The van der Waals surface area contributed by atoms with Gasteiger partial charge in [-0.1, -0.05) is 36.4 Å². The third-order valence-electron chi connectivity index (χ3n) is 4.81. The molecule has 39 heavy (non-hydrogen) atoms. The number of aromatic amines is 1. The van der Waals surface area contributed by atoms with Crippen molar-refractivity contribution >= 4 is 40.7 Å². The van der Waals surface area contributed by atoms with Crippen LogP contribution in [0.25, 0.3) is 11.0 Å². The van der Waals surface area contributed by atoms with Gasteiger partial charge in [0, 0.05) is 11.1 Å². The van der Waals surface area contributed by atoms with Crippen LogP contribution in [0.2, 0.25) is 0 Å².